The third-order valence-electron chi connectivity index (χ3n) is 3.69. The van der Waals surface area contributed by atoms with Gasteiger partial charge in [-0.05, 0) is 56.6 Å². The molecule has 2 rings (SSSR count). The molecule has 0 aliphatic carbocycles. The van der Waals surface area contributed by atoms with Crippen molar-refractivity contribution in [2.45, 2.75) is 40.2 Å². The van der Waals surface area contributed by atoms with Crippen LogP contribution >= 0.6 is 0 Å². The average Bonchev–Trinajstić information content (AvgIpc) is 2.57. The number of fused-ring (bicyclic) bond motifs is 1. The molecular weight excluding hydrogens is 356 g/mol. The summed E-state index contributed by atoms with van der Waals surface area (Å²) in [5.41, 5.74) is 8.33. The van der Waals surface area contributed by atoms with E-state index in [-0.39, 0.29) is 5.92 Å². The standard InChI is InChI=1S/C20H28N6O2/c1-12(2)13(10-21)8-17(22)26-18-7-6-15-16(25-18)9-14(11-23-15)24-19(27)28-20(3,4)5/h6-12,21,23,25H,1-5H3,(H2,22,26)(H,24,27). The molecule has 2 aliphatic heterocycles. The zero-order valence-corrected chi connectivity index (χ0v) is 16.9. The summed E-state index contributed by atoms with van der Waals surface area (Å²) in [7, 11) is 0. The Kier molecular flexibility index (Phi) is 6.45. The van der Waals surface area contributed by atoms with Crippen LogP contribution in [-0.4, -0.2) is 23.7 Å². The van der Waals surface area contributed by atoms with E-state index >= 15 is 0 Å². The predicted octanol–water partition coefficient (Wildman–Crippen LogP) is 2.76. The fourth-order valence-corrected chi connectivity index (χ4v) is 2.37. The second-order valence-corrected chi connectivity index (χ2v) is 7.67. The van der Waals surface area contributed by atoms with Gasteiger partial charge in [-0.3, -0.25) is 5.32 Å². The minimum Gasteiger partial charge on any atom is -0.444 e. The summed E-state index contributed by atoms with van der Waals surface area (Å²) < 4.78 is 5.26. The van der Waals surface area contributed by atoms with Crippen molar-refractivity contribution in [2.24, 2.45) is 16.6 Å². The molecule has 0 aromatic carbocycles. The molecular formula is C20H28N6O2. The topological polar surface area (TPSA) is 125 Å². The molecule has 0 unspecified atom stereocenters. The van der Waals surface area contributed by atoms with E-state index in [0.717, 1.165) is 17.0 Å². The highest BCUT2D eigenvalue weighted by Gasteiger charge is 2.19. The Balaban J connectivity index is 2.10. The van der Waals surface area contributed by atoms with E-state index in [1.165, 1.54) is 6.21 Å². The number of rotatable bonds is 5. The molecule has 2 aliphatic rings. The number of amides is 1. The first kappa shape index (κ1) is 21.0. The van der Waals surface area contributed by atoms with Gasteiger partial charge in [0.25, 0.3) is 0 Å². The van der Waals surface area contributed by atoms with Crippen molar-refractivity contribution in [1.82, 2.24) is 16.0 Å². The van der Waals surface area contributed by atoms with Gasteiger partial charge in [-0.1, -0.05) is 13.8 Å². The van der Waals surface area contributed by atoms with E-state index in [2.05, 4.69) is 20.9 Å². The van der Waals surface area contributed by atoms with E-state index in [9.17, 15) is 4.79 Å². The van der Waals surface area contributed by atoms with Crippen LogP contribution in [0.25, 0.3) is 0 Å². The molecule has 28 heavy (non-hydrogen) atoms. The van der Waals surface area contributed by atoms with E-state index in [1.54, 1.807) is 45.2 Å². The number of dihydropyridines is 2. The van der Waals surface area contributed by atoms with Crippen LogP contribution in [0.2, 0.25) is 0 Å². The second-order valence-electron chi connectivity index (χ2n) is 7.67. The molecule has 0 saturated heterocycles. The number of hydrogen-bond donors (Lipinski definition) is 5. The van der Waals surface area contributed by atoms with Crippen molar-refractivity contribution in [3.8, 4) is 0 Å². The normalized spacial score (nSPS) is 17.2. The van der Waals surface area contributed by atoms with Crippen molar-refractivity contribution in [2.75, 3.05) is 0 Å². The van der Waals surface area contributed by atoms with E-state index in [0.29, 0.717) is 17.4 Å². The van der Waals surface area contributed by atoms with Crippen molar-refractivity contribution in [3.05, 3.63) is 59.0 Å². The summed E-state index contributed by atoms with van der Waals surface area (Å²) in [6, 6.07) is 0. The Hall–Kier alpha value is -3.29. The number of ether oxygens (including phenoxy) is 1. The number of carbonyl (C=O) groups excluding carboxylic acids is 1. The second kappa shape index (κ2) is 8.60. The predicted molar refractivity (Wildman–Crippen MR) is 111 cm³/mol. The summed E-state index contributed by atoms with van der Waals surface area (Å²) >= 11 is 0. The summed E-state index contributed by atoms with van der Waals surface area (Å²) in [6.07, 6.45) is 9.54. The summed E-state index contributed by atoms with van der Waals surface area (Å²) in [5.74, 6) is 1.04. The number of aliphatic imine (C=N–C) groups is 1. The first-order valence-corrected chi connectivity index (χ1v) is 9.01. The molecule has 0 fully saturated rings. The lowest BCUT2D eigenvalue weighted by Gasteiger charge is -2.24. The number of nitrogens with one attached hydrogen (secondary N) is 4. The van der Waals surface area contributed by atoms with Crippen molar-refractivity contribution >= 4 is 18.1 Å². The number of nitrogens with zero attached hydrogens (tertiary/aromatic N) is 1. The van der Waals surface area contributed by atoms with Gasteiger partial charge in [0.05, 0.1) is 17.1 Å². The summed E-state index contributed by atoms with van der Waals surface area (Å²) in [4.78, 5) is 16.3. The molecule has 1 amide bonds. The Morgan fingerprint density at radius 3 is 2.64 bits per heavy atom. The van der Waals surface area contributed by atoms with Crippen LogP contribution in [0.1, 0.15) is 34.6 Å². The molecule has 0 atom stereocenters. The maximum absolute atomic E-state index is 11.9. The molecule has 0 aromatic heterocycles. The van der Waals surface area contributed by atoms with Crippen LogP contribution < -0.4 is 21.7 Å². The molecule has 0 aromatic rings. The maximum Gasteiger partial charge on any atom is 0.412 e. The molecule has 0 saturated carbocycles. The van der Waals surface area contributed by atoms with Crippen LogP contribution in [0.5, 0.6) is 0 Å². The van der Waals surface area contributed by atoms with E-state index < -0.39 is 11.7 Å². The van der Waals surface area contributed by atoms with Crippen molar-refractivity contribution in [1.29, 1.82) is 5.41 Å². The fourth-order valence-electron chi connectivity index (χ4n) is 2.37. The molecule has 150 valence electrons. The average molecular weight is 384 g/mol. The minimum atomic E-state index is -0.574. The first-order valence-electron chi connectivity index (χ1n) is 9.01. The van der Waals surface area contributed by atoms with Crippen LogP contribution in [0, 0.1) is 11.3 Å². The fraction of sp³-hybridized carbons (Fsp3) is 0.350. The Morgan fingerprint density at radius 1 is 1.32 bits per heavy atom. The molecule has 2 heterocycles. The highest BCUT2D eigenvalue weighted by molar-refractivity contribution is 5.97. The van der Waals surface area contributed by atoms with Crippen LogP contribution in [0.4, 0.5) is 4.79 Å². The number of nitrogens with two attached hydrogens (primary N) is 1. The quantitative estimate of drug-likeness (QED) is 0.368. The Bertz CT molecular complexity index is 835. The van der Waals surface area contributed by atoms with E-state index in [4.69, 9.17) is 15.9 Å². The molecule has 8 nitrogen and oxygen atoms in total. The molecule has 0 spiro atoms. The lowest BCUT2D eigenvalue weighted by atomic mass is 10.0. The molecule has 8 heteroatoms. The largest absolute Gasteiger partial charge is 0.444 e. The van der Waals surface area contributed by atoms with Gasteiger partial charge >= 0.3 is 6.09 Å². The zero-order chi connectivity index (χ0) is 20.9. The SMILES string of the molecule is CC(C)C(C=N)=CC(N)=NC1=CC=C2NC=C(NC(=O)OC(C)(C)C)C=C2N1. The smallest absolute Gasteiger partial charge is 0.412 e. The van der Waals surface area contributed by atoms with Gasteiger partial charge in [-0.2, -0.15) is 0 Å². The lowest BCUT2D eigenvalue weighted by molar-refractivity contribution is 0.0547. The summed E-state index contributed by atoms with van der Waals surface area (Å²) in [6.45, 7) is 9.39. The molecule has 6 N–H and O–H groups in total. The molecule has 0 radical (unpaired) electrons. The van der Waals surface area contributed by atoms with Gasteiger partial charge in [-0.25, -0.2) is 9.79 Å². The highest BCUT2D eigenvalue weighted by Crippen LogP contribution is 2.19. The van der Waals surface area contributed by atoms with Gasteiger partial charge in [0.2, 0.25) is 0 Å². The number of allylic oxidation sites excluding steroid dienone is 4. The van der Waals surface area contributed by atoms with Gasteiger partial charge in [0, 0.05) is 12.4 Å². The monoisotopic (exact) mass is 384 g/mol. The first-order chi connectivity index (χ1) is 13.1. The number of hydrogen-bond acceptors (Lipinski definition) is 6. The van der Waals surface area contributed by atoms with Gasteiger partial charge in [-0.15, -0.1) is 0 Å². The van der Waals surface area contributed by atoms with E-state index in [1.807, 2.05) is 19.9 Å². The van der Waals surface area contributed by atoms with Gasteiger partial charge in [0.1, 0.15) is 17.3 Å². The van der Waals surface area contributed by atoms with Crippen molar-refractivity contribution in [3.63, 3.8) is 0 Å². The van der Waals surface area contributed by atoms with Crippen LogP contribution in [-0.2, 0) is 4.74 Å². The summed E-state index contributed by atoms with van der Waals surface area (Å²) in [5, 5.41) is 16.4. The van der Waals surface area contributed by atoms with Crippen LogP contribution in [0.15, 0.2) is 64.0 Å². The van der Waals surface area contributed by atoms with Crippen molar-refractivity contribution < 1.29 is 9.53 Å². The number of alkyl carbamates (subject to hydrolysis) is 1. The maximum atomic E-state index is 11.9. The lowest BCUT2D eigenvalue weighted by Crippen LogP contribution is -2.34. The Morgan fingerprint density at radius 2 is 2.04 bits per heavy atom. The van der Waals surface area contributed by atoms with Gasteiger partial charge in [0.15, 0.2) is 0 Å². The van der Waals surface area contributed by atoms with Gasteiger partial charge < -0.3 is 26.5 Å². The number of amidine groups is 1. The Labute approximate surface area is 165 Å². The molecule has 0 bridgehead atoms. The number of carbonyl (C=O) groups is 1. The third kappa shape index (κ3) is 6.15. The zero-order valence-electron chi connectivity index (χ0n) is 16.9. The highest BCUT2D eigenvalue weighted by atomic mass is 16.6. The third-order valence-corrected chi connectivity index (χ3v) is 3.69. The van der Waals surface area contributed by atoms with Crippen LogP contribution in [0.3, 0.4) is 0 Å². The minimum absolute atomic E-state index is 0.183.